The van der Waals surface area contributed by atoms with Gasteiger partial charge in [0.15, 0.2) is 0 Å². The Kier molecular flexibility index (Phi) is 5.98. The third-order valence-electron chi connectivity index (χ3n) is 4.86. The number of likely N-dealkylation sites (N-methyl/N-ethyl adjacent to an activating group) is 1. The van der Waals surface area contributed by atoms with Gasteiger partial charge in [-0.15, -0.1) is 11.3 Å². The van der Waals surface area contributed by atoms with Crippen molar-refractivity contribution in [3.05, 3.63) is 16.3 Å². The summed E-state index contributed by atoms with van der Waals surface area (Å²) in [5.41, 5.74) is 0.886. The Labute approximate surface area is 164 Å². The largest absolute Gasteiger partial charge is 0.465 e. The molecular formula is C19H28N4O3S. The lowest BCUT2D eigenvalue weighted by atomic mass is 10.2. The molecule has 0 spiro atoms. The van der Waals surface area contributed by atoms with E-state index in [0.717, 1.165) is 47.8 Å². The van der Waals surface area contributed by atoms with Crippen molar-refractivity contribution in [2.45, 2.75) is 39.9 Å². The number of fused-ring (bicyclic) bond motifs is 1. The van der Waals surface area contributed by atoms with Crippen LogP contribution in [0.1, 0.15) is 34.9 Å². The van der Waals surface area contributed by atoms with Crippen LogP contribution in [0.3, 0.4) is 0 Å². The second kappa shape index (κ2) is 8.08. The second-order valence-corrected chi connectivity index (χ2v) is 8.26. The number of nitrogens with zero attached hydrogens (tertiary/aromatic N) is 4. The van der Waals surface area contributed by atoms with Crippen molar-refractivity contribution in [2.75, 3.05) is 45.2 Å². The number of aromatic nitrogens is 2. The van der Waals surface area contributed by atoms with E-state index in [0.29, 0.717) is 10.7 Å². The van der Waals surface area contributed by atoms with Gasteiger partial charge in [-0.1, -0.05) is 0 Å². The molecule has 0 N–H and O–H groups in total. The minimum absolute atomic E-state index is 0.258. The zero-order valence-electron chi connectivity index (χ0n) is 16.9. The van der Waals surface area contributed by atoms with Crippen molar-refractivity contribution in [1.29, 1.82) is 0 Å². The summed E-state index contributed by atoms with van der Waals surface area (Å²) in [7, 11) is 3.45. The van der Waals surface area contributed by atoms with Gasteiger partial charge in [-0.2, -0.15) is 0 Å². The molecule has 148 valence electrons. The third kappa shape index (κ3) is 4.23. The van der Waals surface area contributed by atoms with Gasteiger partial charge in [0.2, 0.25) is 0 Å². The summed E-state index contributed by atoms with van der Waals surface area (Å²) in [6.07, 6.45) is 0.516. The van der Waals surface area contributed by atoms with Crippen LogP contribution in [-0.4, -0.2) is 73.4 Å². The molecule has 3 heterocycles. The van der Waals surface area contributed by atoms with Crippen LogP contribution < -0.4 is 4.90 Å². The summed E-state index contributed by atoms with van der Waals surface area (Å²) >= 11 is 1.37. The fraction of sp³-hybridized carbons (Fsp3) is 0.632. The van der Waals surface area contributed by atoms with Crippen molar-refractivity contribution in [1.82, 2.24) is 14.9 Å². The lowest BCUT2D eigenvalue weighted by Crippen LogP contribution is -2.47. The molecule has 0 aromatic carbocycles. The maximum atomic E-state index is 12.1. The number of hydrogen-bond donors (Lipinski definition) is 0. The molecule has 1 saturated heterocycles. The minimum atomic E-state index is -0.321. The van der Waals surface area contributed by atoms with Crippen molar-refractivity contribution in [3.63, 3.8) is 0 Å². The van der Waals surface area contributed by atoms with Crippen LogP contribution in [0.15, 0.2) is 0 Å². The molecule has 27 heavy (non-hydrogen) atoms. The first-order valence-corrected chi connectivity index (χ1v) is 10.1. The molecule has 2 atom stereocenters. The van der Waals surface area contributed by atoms with Gasteiger partial charge in [-0.25, -0.2) is 14.8 Å². The minimum Gasteiger partial charge on any atom is -0.465 e. The molecule has 0 amide bonds. The number of ether oxygens (including phenoxy) is 2. The Balaban J connectivity index is 1.84. The van der Waals surface area contributed by atoms with E-state index < -0.39 is 0 Å². The van der Waals surface area contributed by atoms with E-state index in [1.165, 1.54) is 18.4 Å². The van der Waals surface area contributed by atoms with Gasteiger partial charge in [-0.3, -0.25) is 4.90 Å². The van der Waals surface area contributed by atoms with E-state index in [9.17, 15) is 4.79 Å². The molecule has 2 aromatic rings. The van der Waals surface area contributed by atoms with Crippen LogP contribution in [-0.2, 0) is 9.47 Å². The normalized spacial score (nSPS) is 20.8. The number of thiophene rings is 1. The number of esters is 1. The van der Waals surface area contributed by atoms with Gasteiger partial charge >= 0.3 is 5.97 Å². The number of aryl methyl sites for hydroxylation is 2. The van der Waals surface area contributed by atoms with E-state index in [2.05, 4.69) is 33.6 Å². The Morgan fingerprint density at radius 3 is 2.59 bits per heavy atom. The fourth-order valence-electron chi connectivity index (χ4n) is 3.65. The van der Waals surface area contributed by atoms with Crippen LogP contribution in [0.25, 0.3) is 10.2 Å². The lowest BCUT2D eigenvalue weighted by Gasteiger charge is -2.36. The maximum absolute atomic E-state index is 12.1. The number of morpholine rings is 1. The van der Waals surface area contributed by atoms with E-state index in [1.807, 2.05) is 20.9 Å². The van der Waals surface area contributed by atoms with Gasteiger partial charge in [-0.05, 0) is 33.3 Å². The van der Waals surface area contributed by atoms with Gasteiger partial charge in [0, 0.05) is 33.2 Å². The molecule has 0 radical (unpaired) electrons. The second-order valence-electron chi connectivity index (χ2n) is 7.26. The molecule has 8 heteroatoms. The maximum Gasteiger partial charge on any atom is 0.348 e. The molecule has 0 saturated carbocycles. The number of rotatable bonds is 5. The summed E-state index contributed by atoms with van der Waals surface area (Å²) in [6.45, 7) is 11.7. The number of hydrogen-bond acceptors (Lipinski definition) is 8. The van der Waals surface area contributed by atoms with Crippen LogP contribution in [0.2, 0.25) is 0 Å². The Hall–Kier alpha value is -1.77. The van der Waals surface area contributed by atoms with Gasteiger partial charge in [0.1, 0.15) is 21.3 Å². The Bertz CT molecular complexity index is 828. The fourth-order valence-corrected chi connectivity index (χ4v) is 4.79. The molecule has 1 fully saturated rings. The molecule has 0 aliphatic carbocycles. The number of anilines is 1. The van der Waals surface area contributed by atoms with Gasteiger partial charge < -0.3 is 14.4 Å². The van der Waals surface area contributed by atoms with Crippen LogP contribution >= 0.6 is 11.3 Å². The zero-order chi connectivity index (χ0) is 19.7. The topological polar surface area (TPSA) is 67.8 Å². The summed E-state index contributed by atoms with van der Waals surface area (Å²) < 4.78 is 10.7. The molecule has 1 aliphatic rings. The van der Waals surface area contributed by atoms with Crippen molar-refractivity contribution < 1.29 is 14.3 Å². The molecule has 0 unspecified atom stereocenters. The highest BCUT2D eigenvalue weighted by atomic mass is 32.1. The molecule has 3 rings (SSSR count). The molecule has 0 bridgehead atoms. The van der Waals surface area contributed by atoms with Crippen LogP contribution in [0.5, 0.6) is 0 Å². The van der Waals surface area contributed by atoms with Gasteiger partial charge in [0.05, 0.1) is 24.7 Å². The standard InChI is InChI=1S/C19H28N4O3S/c1-11-9-23(10-12(2)26-11)8-7-22(5)17-15-13(3)16(19(24)25-6)27-18(15)21-14(4)20-17/h11-12H,7-10H2,1-6H3/t11-,12+. The summed E-state index contributed by atoms with van der Waals surface area (Å²) in [4.78, 5) is 27.3. The smallest absolute Gasteiger partial charge is 0.348 e. The highest BCUT2D eigenvalue weighted by molar-refractivity contribution is 7.20. The third-order valence-corrected chi connectivity index (χ3v) is 6.03. The van der Waals surface area contributed by atoms with Crippen molar-refractivity contribution >= 4 is 33.3 Å². The number of carbonyl (C=O) groups is 1. The summed E-state index contributed by atoms with van der Waals surface area (Å²) in [5.74, 6) is 1.25. The van der Waals surface area contributed by atoms with Crippen LogP contribution in [0.4, 0.5) is 5.82 Å². The SMILES string of the molecule is COC(=O)c1sc2nc(C)nc(N(C)CCN3C[C@@H](C)O[C@@H](C)C3)c2c1C. The molecule has 2 aromatic heterocycles. The highest BCUT2D eigenvalue weighted by Crippen LogP contribution is 2.35. The predicted octanol–water partition coefficient (Wildman–Crippen LogP) is 2.64. The Morgan fingerprint density at radius 1 is 1.30 bits per heavy atom. The quantitative estimate of drug-likeness (QED) is 0.725. The predicted molar refractivity (Wildman–Crippen MR) is 108 cm³/mol. The molecular weight excluding hydrogens is 364 g/mol. The number of carbonyl (C=O) groups excluding carboxylic acids is 1. The average molecular weight is 393 g/mol. The monoisotopic (exact) mass is 392 g/mol. The lowest BCUT2D eigenvalue weighted by molar-refractivity contribution is -0.0670. The Morgan fingerprint density at radius 2 is 1.96 bits per heavy atom. The number of methoxy groups -OCH3 is 1. The van der Waals surface area contributed by atoms with E-state index >= 15 is 0 Å². The average Bonchev–Trinajstić information content (AvgIpc) is 2.94. The first-order chi connectivity index (χ1) is 12.8. The van der Waals surface area contributed by atoms with Crippen molar-refractivity contribution in [2.24, 2.45) is 0 Å². The summed E-state index contributed by atoms with van der Waals surface area (Å²) in [6, 6.07) is 0. The first kappa shape index (κ1) is 20.0. The van der Waals surface area contributed by atoms with E-state index in [4.69, 9.17) is 9.47 Å². The van der Waals surface area contributed by atoms with Gasteiger partial charge in [0.25, 0.3) is 0 Å². The highest BCUT2D eigenvalue weighted by Gasteiger charge is 2.24. The van der Waals surface area contributed by atoms with E-state index in [1.54, 1.807) is 0 Å². The molecule has 1 aliphatic heterocycles. The van der Waals surface area contributed by atoms with Crippen molar-refractivity contribution in [3.8, 4) is 0 Å². The zero-order valence-corrected chi connectivity index (χ0v) is 17.7. The molecule has 7 nitrogen and oxygen atoms in total. The first-order valence-electron chi connectivity index (χ1n) is 9.25. The van der Waals surface area contributed by atoms with Crippen LogP contribution in [0, 0.1) is 13.8 Å². The summed E-state index contributed by atoms with van der Waals surface area (Å²) in [5, 5.41) is 0.942. The van der Waals surface area contributed by atoms with E-state index in [-0.39, 0.29) is 18.2 Å².